The summed E-state index contributed by atoms with van der Waals surface area (Å²) in [6.45, 7) is 5.18. The lowest BCUT2D eigenvalue weighted by atomic mass is 9.87. The first-order valence-corrected chi connectivity index (χ1v) is 9.26. The van der Waals surface area contributed by atoms with Crippen LogP contribution in [-0.4, -0.2) is 36.2 Å². The van der Waals surface area contributed by atoms with Crippen molar-refractivity contribution in [1.82, 2.24) is 0 Å². The van der Waals surface area contributed by atoms with Crippen molar-refractivity contribution in [2.45, 2.75) is 63.5 Å². The number of benzene rings is 1. The van der Waals surface area contributed by atoms with Crippen LogP contribution in [0.2, 0.25) is 0 Å². The molecule has 0 aromatic heterocycles. The molecule has 2 unspecified atom stereocenters. The van der Waals surface area contributed by atoms with Crippen LogP contribution in [0.1, 0.15) is 51.5 Å². The van der Waals surface area contributed by atoms with E-state index in [1.165, 1.54) is 5.56 Å². The highest BCUT2D eigenvalue weighted by Crippen LogP contribution is 2.45. The van der Waals surface area contributed by atoms with E-state index in [9.17, 15) is 10.0 Å². The summed E-state index contributed by atoms with van der Waals surface area (Å²) < 4.78 is -0.0652. The number of amides is 1. The molecule has 0 radical (unpaired) electrons. The minimum atomic E-state index is -0.0652. The van der Waals surface area contributed by atoms with Crippen LogP contribution in [0, 0.1) is 11.1 Å². The number of anilines is 1. The molecule has 3 aliphatic rings. The molecule has 1 amide bonds. The van der Waals surface area contributed by atoms with Gasteiger partial charge in [-0.05, 0) is 17.5 Å². The molecule has 0 spiro atoms. The summed E-state index contributed by atoms with van der Waals surface area (Å²) in [6, 6.07) is 8.71. The first-order chi connectivity index (χ1) is 11.3. The van der Waals surface area contributed by atoms with E-state index in [0.29, 0.717) is 12.3 Å². The summed E-state index contributed by atoms with van der Waals surface area (Å²) in [7, 11) is 1.83. The summed E-state index contributed by atoms with van der Waals surface area (Å²) in [5.41, 5.74) is 2.36. The van der Waals surface area contributed by atoms with Gasteiger partial charge in [0, 0.05) is 49.8 Å². The number of hydrogen-bond donors (Lipinski definition) is 0. The maximum Gasteiger partial charge on any atom is 0.227 e. The van der Waals surface area contributed by atoms with Crippen molar-refractivity contribution in [2.24, 2.45) is 5.92 Å². The van der Waals surface area contributed by atoms with E-state index in [1.807, 2.05) is 18.0 Å². The van der Waals surface area contributed by atoms with Gasteiger partial charge in [0.1, 0.15) is 0 Å². The highest BCUT2D eigenvalue weighted by atomic mass is 35.5. The number of piperidine rings is 1. The second-order valence-electron chi connectivity index (χ2n) is 8.87. The maximum atomic E-state index is 13.0. The fraction of sp³-hybridized carbons (Fsp3) is 0.650. The lowest BCUT2D eigenvalue weighted by molar-refractivity contribution is -0.903. The van der Waals surface area contributed by atoms with Gasteiger partial charge in [0.2, 0.25) is 5.91 Å². The summed E-state index contributed by atoms with van der Waals surface area (Å²) in [5, 5.41) is 12.6. The van der Waals surface area contributed by atoms with Crippen LogP contribution < -0.4 is 4.90 Å². The Bertz CT molecular complexity index is 657. The van der Waals surface area contributed by atoms with Crippen molar-refractivity contribution in [1.29, 1.82) is 0 Å². The largest absolute Gasteiger partial charge is 0.633 e. The Kier molecular flexibility index (Phi) is 4.68. The van der Waals surface area contributed by atoms with Gasteiger partial charge in [0.15, 0.2) is 0 Å². The number of rotatable bonds is 2. The number of para-hydroxylation sites is 1. The van der Waals surface area contributed by atoms with Crippen molar-refractivity contribution in [3.63, 3.8) is 0 Å². The molecular formula is C20H29ClN2O2. The van der Waals surface area contributed by atoms with E-state index in [0.717, 1.165) is 37.9 Å². The van der Waals surface area contributed by atoms with Gasteiger partial charge >= 0.3 is 0 Å². The molecule has 5 heteroatoms. The van der Waals surface area contributed by atoms with Crippen molar-refractivity contribution in [3.8, 4) is 0 Å². The van der Waals surface area contributed by atoms with Crippen molar-refractivity contribution in [3.05, 3.63) is 35.0 Å². The fourth-order valence-corrected chi connectivity index (χ4v) is 5.31. The zero-order chi connectivity index (χ0) is 17.1. The normalized spacial score (nSPS) is 35.2. The Morgan fingerprint density at radius 1 is 1.24 bits per heavy atom. The number of nitrogens with zero attached hydrogens (tertiary/aromatic N) is 2. The molecule has 0 N–H and O–H groups in total. The number of halogens is 1. The zero-order valence-corrected chi connectivity index (χ0v) is 16.2. The monoisotopic (exact) mass is 364 g/mol. The van der Waals surface area contributed by atoms with Crippen molar-refractivity contribution >= 4 is 24.0 Å². The van der Waals surface area contributed by atoms with Gasteiger partial charge in [-0.25, -0.2) is 0 Å². The third-order valence-corrected chi connectivity index (χ3v) is 6.74. The van der Waals surface area contributed by atoms with Crippen LogP contribution in [0.3, 0.4) is 0 Å². The molecule has 4 nitrogen and oxygen atoms in total. The average Bonchev–Trinajstić information content (AvgIpc) is 2.84. The van der Waals surface area contributed by atoms with E-state index < -0.39 is 0 Å². The lowest BCUT2D eigenvalue weighted by Gasteiger charge is -2.50. The molecular weight excluding hydrogens is 336 g/mol. The van der Waals surface area contributed by atoms with Gasteiger partial charge in [0.05, 0.1) is 19.1 Å². The second kappa shape index (κ2) is 6.26. The number of carbonyl (C=O) groups is 1. The Balaban J connectivity index is 0.00000182. The Hall–Kier alpha value is -1.10. The fourth-order valence-electron chi connectivity index (χ4n) is 5.31. The highest BCUT2D eigenvalue weighted by molar-refractivity contribution is 5.96. The Labute approximate surface area is 156 Å². The van der Waals surface area contributed by atoms with Crippen LogP contribution in [-0.2, 0) is 10.2 Å². The number of hydrogen-bond acceptors (Lipinski definition) is 2. The van der Waals surface area contributed by atoms with Crippen LogP contribution in [0.4, 0.5) is 5.69 Å². The molecule has 3 heterocycles. The third-order valence-electron chi connectivity index (χ3n) is 6.74. The van der Waals surface area contributed by atoms with Gasteiger partial charge in [-0.3, -0.25) is 4.79 Å². The maximum absolute atomic E-state index is 13.0. The van der Waals surface area contributed by atoms with E-state index in [1.54, 1.807) is 0 Å². The topological polar surface area (TPSA) is 43.4 Å². The predicted octanol–water partition coefficient (Wildman–Crippen LogP) is 4.01. The number of hydroxylamine groups is 3. The minimum Gasteiger partial charge on any atom is -0.633 e. The molecule has 2 atom stereocenters. The average molecular weight is 365 g/mol. The number of fused-ring (bicyclic) bond motifs is 3. The van der Waals surface area contributed by atoms with Crippen LogP contribution in [0.5, 0.6) is 0 Å². The van der Waals surface area contributed by atoms with Crippen LogP contribution >= 0.6 is 12.4 Å². The van der Waals surface area contributed by atoms with Gasteiger partial charge in [0.25, 0.3) is 0 Å². The first-order valence-electron chi connectivity index (χ1n) is 9.26. The lowest BCUT2D eigenvalue weighted by Crippen LogP contribution is -2.53. The highest BCUT2D eigenvalue weighted by Gasteiger charge is 2.47. The van der Waals surface area contributed by atoms with Gasteiger partial charge in [-0.1, -0.05) is 32.0 Å². The molecule has 2 fully saturated rings. The Morgan fingerprint density at radius 2 is 1.84 bits per heavy atom. The molecule has 3 aliphatic heterocycles. The quantitative estimate of drug-likeness (QED) is 0.587. The second-order valence-corrected chi connectivity index (χ2v) is 8.87. The van der Waals surface area contributed by atoms with E-state index >= 15 is 0 Å². The molecule has 1 aromatic carbocycles. The third kappa shape index (κ3) is 2.98. The number of quaternary nitrogens is 1. The van der Waals surface area contributed by atoms with E-state index in [-0.39, 0.29) is 40.5 Å². The van der Waals surface area contributed by atoms with E-state index in [4.69, 9.17) is 0 Å². The molecule has 2 saturated heterocycles. The molecule has 4 rings (SSSR count). The van der Waals surface area contributed by atoms with Gasteiger partial charge in [-0.2, -0.15) is 0 Å². The molecule has 25 heavy (non-hydrogen) atoms. The SMILES string of the molecule is CC1(C)CN(C(=O)CC2CC3CCC(C2)[N+]3(C)[O-])c2ccccc21.Cl. The van der Waals surface area contributed by atoms with Gasteiger partial charge < -0.3 is 14.8 Å². The standard InChI is InChI=1S/C20H28N2O2.ClH/c1-20(2)13-21(18-7-5-4-6-17(18)20)19(23)12-14-10-15-8-9-16(11-14)22(15,3)24;/h4-7,14-16H,8-13H2,1-3H3;1H. The zero-order valence-electron chi connectivity index (χ0n) is 15.4. The minimum absolute atomic E-state index is 0. The molecule has 138 valence electrons. The summed E-state index contributed by atoms with van der Waals surface area (Å²) in [6.07, 6.45) is 4.50. The summed E-state index contributed by atoms with van der Waals surface area (Å²) in [5.74, 6) is 0.616. The molecule has 1 aromatic rings. The molecule has 2 bridgehead atoms. The predicted molar refractivity (Wildman–Crippen MR) is 103 cm³/mol. The van der Waals surface area contributed by atoms with Crippen molar-refractivity contribution in [2.75, 3.05) is 18.5 Å². The molecule has 0 aliphatic carbocycles. The van der Waals surface area contributed by atoms with Crippen LogP contribution in [0.25, 0.3) is 0 Å². The van der Waals surface area contributed by atoms with Crippen LogP contribution in [0.15, 0.2) is 24.3 Å². The number of carbonyl (C=O) groups excluding carboxylic acids is 1. The summed E-state index contributed by atoms with van der Waals surface area (Å²) in [4.78, 5) is 15.0. The summed E-state index contributed by atoms with van der Waals surface area (Å²) >= 11 is 0. The molecule has 0 saturated carbocycles. The van der Waals surface area contributed by atoms with Crippen molar-refractivity contribution < 1.29 is 9.44 Å². The van der Waals surface area contributed by atoms with E-state index in [2.05, 4.69) is 32.0 Å². The first kappa shape index (κ1) is 18.7. The Morgan fingerprint density at radius 3 is 2.48 bits per heavy atom. The smallest absolute Gasteiger partial charge is 0.227 e. The van der Waals surface area contributed by atoms with Gasteiger partial charge in [-0.15, -0.1) is 12.4 Å².